The van der Waals surface area contributed by atoms with E-state index in [1.54, 1.807) is 38.4 Å². The Kier molecular flexibility index (Phi) is 7.31. The Hall–Kier alpha value is -3.46. The average Bonchev–Trinajstić information content (AvgIpc) is 2.85. The number of halogens is 4. The fourth-order valence-corrected chi connectivity index (χ4v) is 3.84. The van der Waals surface area contributed by atoms with Gasteiger partial charge in [0.2, 0.25) is 0 Å². The Bertz CT molecular complexity index is 1360. The summed E-state index contributed by atoms with van der Waals surface area (Å²) in [7, 11) is 0. The van der Waals surface area contributed by atoms with Gasteiger partial charge in [-0.1, -0.05) is 25.4 Å². The minimum Gasteiger partial charge on any atom is -0.486 e. The van der Waals surface area contributed by atoms with Gasteiger partial charge in [-0.3, -0.25) is 14.4 Å². The van der Waals surface area contributed by atoms with Crippen molar-refractivity contribution in [2.75, 3.05) is 18.1 Å². The molecule has 0 spiro atoms. The van der Waals surface area contributed by atoms with Crippen LogP contribution < -0.4 is 4.90 Å². The van der Waals surface area contributed by atoms with Crippen molar-refractivity contribution in [2.45, 2.75) is 39.7 Å². The van der Waals surface area contributed by atoms with Gasteiger partial charge in [-0.05, 0) is 31.5 Å². The zero-order valence-electron chi connectivity index (χ0n) is 20.3. The molecular formula is C26H25ClF3N5O. The zero-order valence-corrected chi connectivity index (χ0v) is 21.1. The van der Waals surface area contributed by atoms with Gasteiger partial charge in [0.15, 0.2) is 5.82 Å². The lowest BCUT2D eigenvalue weighted by molar-refractivity contribution is 0.200. The summed E-state index contributed by atoms with van der Waals surface area (Å²) in [5.41, 5.74) is 2.98. The first-order chi connectivity index (χ1) is 17.1. The summed E-state index contributed by atoms with van der Waals surface area (Å²) < 4.78 is 46.2. The number of hydrogen-bond donors (Lipinski definition) is 0. The number of anilines is 1. The molecule has 4 rings (SSSR count). The minimum absolute atomic E-state index is 0.0170. The Morgan fingerprint density at radius 1 is 1.08 bits per heavy atom. The summed E-state index contributed by atoms with van der Waals surface area (Å²) >= 11 is 6.54. The number of nitrogens with zero attached hydrogens (tertiary/aromatic N) is 5. The van der Waals surface area contributed by atoms with Gasteiger partial charge in [0.05, 0.1) is 34.6 Å². The molecule has 10 heteroatoms. The van der Waals surface area contributed by atoms with Crippen molar-refractivity contribution < 1.29 is 17.9 Å². The molecule has 4 heterocycles. The first kappa shape index (κ1) is 25.6. The fraction of sp³-hybridized carbons (Fsp3) is 0.308. The van der Waals surface area contributed by atoms with Crippen molar-refractivity contribution in [3.63, 3.8) is 0 Å². The Labute approximate surface area is 212 Å². The second-order valence-corrected chi connectivity index (χ2v) is 9.61. The van der Waals surface area contributed by atoms with Gasteiger partial charge in [-0.15, -0.1) is 0 Å². The second kappa shape index (κ2) is 10.3. The van der Waals surface area contributed by atoms with Gasteiger partial charge in [0.25, 0.3) is 0 Å². The largest absolute Gasteiger partial charge is 0.486 e. The summed E-state index contributed by atoms with van der Waals surface area (Å²) in [6.45, 7) is 6.87. The summed E-state index contributed by atoms with van der Waals surface area (Å²) in [4.78, 5) is 19.0. The zero-order chi connectivity index (χ0) is 26.0. The molecule has 3 aromatic heterocycles. The summed E-state index contributed by atoms with van der Waals surface area (Å²) in [5, 5.41) is 0.412. The van der Waals surface area contributed by atoms with Gasteiger partial charge in [-0.25, -0.2) is 18.7 Å². The molecule has 0 radical (unpaired) electrons. The predicted molar refractivity (Wildman–Crippen MR) is 132 cm³/mol. The van der Waals surface area contributed by atoms with E-state index in [-0.39, 0.29) is 12.3 Å². The van der Waals surface area contributed by atoms with Crippen LogP contribution in [0.3, 0.4) is 0 Å². The summed E-state index contributed by atoms with van der Waals surface area (Å²) in [6.07, 6.45) is 6.03. The lowest BCUT2D eigenvalue weighted by Gasteiger charge is -2.31. The van der Waals surface area contributed by atoms with Crippen LogP contribution >= 0.6 is 11.6 Å². The second-order valence-electron chi connectivity index (χ2n) is 9.15. The molecule has 0 saturated heterocycles. The number of rotatable bonds is 7. The maximum absolute atomic E-state index is 13.9. The van der Waals surface area contributed by atoms with E-state index in [1.165, 1.54) is 0 Å². The molecule has 1 aliphatic rings. The number of allylic oxidation sites excluding steroid dienone is 2. The van der Waals surface area contributed by atoms with Crippen molar-refractivity contribution in [3.8, 4) is 11.4 Å². The van der Waals surface area contributed by atoms with Crippen LogP contribution in [0.25, 0.3) is 11.4 Å². The minimum atomic E-state index is -0.809. The highest BCUT2D eigenvalue weighted by molar-refractivity contribution is 6.30. The predicted octanol–water partition coefficient (Wildman–Crippen LogP) is 6.16. The van der Waals surface area contributed by atoms with E-state index in [1.807, 2.05) is 24.8 Å². The molecule has 0 aliphatic carbocycles. The van der Waals surface area contributed by atoms with Gasteiger partial charge >= 0.3 is 0 Å². The Morgan fingerprint density at radius 3 is 2.58 bits per heavy atom. The lowest BCUT2D eigenvalue weighted by atomic mass is 9.94. The number of hydrogen-bond acceptors (Lipinski definition) is 6. The number of aromatic nitrogens is 4. The quantitative estimate of drug-likeness (QED) is 0.375. The van der Waals surface area contributed by atoms with Gasteiger partial charge < -0.3 is 9.64 Å². The van der Waals surface area contributed by atoms with Crippen molar-refractivity contribution in [3.05, 3.63) is 88.1 Å². The third-order valence-corrected chi connectivity index (χ3v) is 6.11. The van der Waals surface area contributed by atoms with E-state index in [4.69, 9.17) is 16.3 Å². The molecule has 0 unspecified atom stereocenters. The molecule has 0 fully saturated rings. The van der Waals surface area contributed by atoms with Crippen LogP contribution in [-0.2, 0) is 16.8 Å². The molecule has 36 heavy (non-hydrogen) atoms. The maximum atomic E-state index is 13.9. The molecule has 0 atom stereocenters. The highest BCUT2D eigenvalue weighted by atomic mass is 35.5. The number of pyridine rings is 2. The van der Waals surface area contributed by atoms with Crippen molar-refractivity contribution in [1.29, 1.82) is 0 Å². The van der Waals surface area contributed by atoms with E-state index in [2.05, 4.69) is 19.9 Å². The van der Waals surface area contributed by atoms with E-state index in [9.17, 15) is 13.2 Å². The molecule has 6 nitrogen and oxygen atoms in total. The van der Waals surface area contributed by atoms with Crippen LogP contribution in [0.2, 0.25) is 0 Å². The van der Waals surface area contributed by atoms with Crippen molar-refractivity contribution >= 4 is 17.3 Å². The van der Waals surface area contributed by atoms with Crippen LogP contribution in [0.5, 0.6) is 0 Å². The highest BCUT2D eigenvalue weighted by Gasteiger charge is 2.25. The molecular weight excluding hydrogens is 491 g/mol. The molecule has 0 N–H and O–H groups in total. The Morgan fingerprint density at radius 2 is 1.86 bits per heavy atom. The lowest BCUT2D eigenvalue weighted by Crippen LogP contribution is -2.27. The Balaban J connectivity index is 1.58. The van der Waals surface area contributed by atoms with E-state index in [0.29, 0.717) is 34.5 Å². The van der Waals surface area contributed by atoms with Crippen LogP contribution in [0.4, 0.5) is 18.9 Å². The fourth-order valence-electron chi connectivity index (χ4n) is 3.61. The molecule has 0 amide bonds. The molecule has 3 aromatic rings. The normalized spacial score (nSPS) is 14.2. The van der Waals surface area contributed by atoms with Crippen molar-refractivity contribution in [1.82, 2.24) is 19.9 Å². The van der Waals surface area contributed by atoms with Crippen LogP contribution in [0, 0.1) is 18.6 Å². The van der Waals surface area contributed by atoms with Gasteiger partial charge in [-0.2, -0.15) is 0 Å². The maximum Gasteiger partial charge on any atom is 0.151 e. The SMILES string of the molecule is CC1=CC(OCc2ncc(F)cc2F)=C(Cl)CN1c1cc(-c2ccnc(C(C)(C)CF)n2)ncc1C. The molecule has 0 bridgehead atoms. The number of alkyl halides is 1. The monoisotopic (exact) mass is 515 g/mol. The van der Waals surface area contributed by atoms with E-state index < -0.39 is 23.7 Å². The van der Waals surface area contributed by atoms with E-state index >= 15 is 0 Å². The van der Waals surface area contributed by atoms with Crippen LogP contribution in [0.1, 0.15) is 37.9 Å². The van der Waals surface area contributed by atoms with Crippen LogP contribution in [0.15, 0.2) is 59.4 Å². The van der Waals surface area contributed by atoms with Gasteiger partial charge in [0.1, 0.15) is 36.4 Å². The first-order valence-electron chi connectivity index (χ1n) is 11.2. The third-order valence-electron chi connectivity index (χ3n) is 5.80. The van der Waals surface area contributed by atoms with Crippen molar-refractivity contribution in [2.24, 2.45) is 0 Å². The van der Waals surface area contributed by atoms with Gasteiger partial charge in [0, 0.05) is 35.9 Å². The smallest absolute Gasteiger partial charge is 0.151 e. The average molecular weight is 516 g/mol. The standard InChI is InChI=1S/C26H25ClF3N5O/c1-15-10-32-21(20-5-6-31-25(34-20)26(3,4)14-28)9-23(15)35-12-18(27)24(7-16(35)2)36-13-22-19(30)8-17(29)11-33-22/h5-11H,12-14H2,1-4H3. The molecule has 0 saturated carbocycles. The first-order valence-corrected chi connectivity index (χ1v) is 11.6. The molecule has 1 aliphatic heterocycles. The highest BCUT2D eigenvalue weighted by Crippen LogP contribution is 2.33. The number of aryl methyl sites for hydroxylation is 1. The summed E-state index contributed by atoms with van der Waals surface area (Å²) in [6, 6.07) is 4.39. The van der Waals surface area contributed by atoms with Crippen LogP contribution in [-0.4, -0.2) is 33.2 Å². The topological polar surface area (TPSA) is 64.0 Å². The third kappa shape index (κ3) is 5.36. The van der Waals surface area contributed by atoms with E-state index in [0.717, 1.165) is 29.2 Å². The summed E-state index contributed by atoms with van der Waals surface area (Å²) in [5.74, 6) is -0.751. The molecule has 188 valence electrons. The number of ether oxygens (including phenoxy) is 1. The molecule has 0 aromatic carbocycles.